The van der Waals surface area contributed by atoms with Crippen LogP contribution in [0.5, 0.6) is 5.75 Å². The number of halogens is 2. The zero-order valence-corrected chi connectivity index (χ0v) is 19.6. The van der Waals surface area contributed by atoms with Crippen LogP contribution >= 0.6 is 27.5 Å². The van der Waals surface area contributed by atoms with Gasteiger partial charge < -0.3 is 10.1 Å². The van der Waals surface area contributed by atoms with Gasteiger partial charge in [0, 0.05) is 15.1 Å². The van der Waals surface area contributed by atoms with Crippen LogP contribution in [0.1, 0.15) is 22.3 Å². The fourth-order valence-electron chi connectivity index (χ4n) is 3.37. The van der Waals surface area contributed by atoms with Crippen LogP contribution in [0.15, 0.2) is 76.9 Å². The maximum Gasteiger partial charge on any atom is 0.329 e. The average Bonchev–Trinajstić information content (AvgIpc) is 3.02. The summed E-state index contributed by atoms with van der Waals surface area (Å²) in [7, 11) is 0. The summed E-state index contributed by atoms with van der Waals surface area (Å²) in [5, 5.41) is 3.26. The average molecular weight is 512 g/mol. The fraction of sp³-hybridized carbons (Fsp3) is 0.120. The zero-order valence-electron chi connectivity index (χ0n) is 17.3. The van der Waals surface area contributed by atoms with Crippen molar-refractivity contribution < 1.29 is 14.3 Å². The Morgan fingerprint density at radius 3 is 2.56 bits per heavy atom. The highest BCUT2D eigenvalue weighted by Gasteiger charge is 2.33. The minimum absolute atomic E-state index is 0.161. The Morgan fingerprint density at radius 2 is 1.81 bits per heavy atom. The van der Waals surface area contributed by atoms with Gasteiger partial charge in [-0.3, -0.25) is 9.69 Å². The second-order valence-corrected chi connectivity index (χ2v) is 8.82. The van der Waals surface area contributed by atoms with E-state index in [1.807, 2.05) is 43.3 Å². The lowest BCUT2D eigenvalue weighted by molar-refractivity contribution is -0.123. The van der Waals surface area contributed by atoms with Crippen LogP contribution in [0.3, 0.4) is 0 Å². The van der Waals surface area contributed by atoms with E-state index in [9.17, 15) is 9.59 Å². The first-order valence-electron chi connectivity index (χ1n) is 9.96. The highest BCUT2D eigenvalue weighted by Crippen LogP contribution is 2.28. The number of hydrogen-bond donors (Lipinski definition) is 1. The van der Waals surface area contributed by atoms with E-state index in [2.05, 4.69) is 27.3 Å². The van der Waals surface area contributed by atoms with E-state index >= 15 is 0 Å². The van der Waals surface area contributed by atoms with Crippen molar-refractivity contribution in [3.8, 4) is 5.75 Å². The van der Waals surface area contributed by atoms with Crippen LogP contribution in [-0.4, -0.2) is 16.8 Å². The number of carbonyl (C=O) groups excluding carboxylic acids is 2. The molecule has 3 aromatic rings. The Labute approximate surface area is 199 Å². The van der Waals surface area contributed by atoms with E-state index < -0.39 is 11.9 Å². The Bertz CT molecular complexity index is 1210. The Balaban J connectivity index is 1.55. The molecule has 0 spiro atoms. The minimum atomic E-state index is -0.464. The number of benzene rings is 3. The second-order valence-electron chi connectivity index (χ2n) is 7.47. The molecule has 3 amide bonds. The number of carbonyl (C=O) groups is 2. The number of hydrogen-bond acceptors (Lipinski definition) is 3. The summed E-state index contributed by atoms with van der Waals surface area (Å²) >= 11 is 9.38. The molecule has 162 valence electrons. The number of amides is 3. The van der Waals surface area contributed by atoms with Crippen LogP contribution in [0.25, 0.3) is 6.08 Å². The zero-order chi connectivity index (χ0) is 22.7. The van der Waals surface area contributed by atoms with Gasteiger partial charge in [0.1, 0.15) is 18.1 Å². The van der Waals surface area contributed by atoms with Crippen LogP contribution in [0.4, 0.5) is 4.79 Å². The number of nitrogens with one attached hydrogen (secondary N) is 1. The first-order chi connectivity index (χ1) is 15.4. The number of rotatable bonds is 6. The van der Waals surface area contributed by atoms with Gasteiger partial charge in [-0.2, -0.15) is 0 Å². The normalized spacial score (nSPS) is 14.7. The molecule has 0 saturated carbocycles. The Morgan fingerprint density at radius 1 is 1.03 bits per heavy atom. The standard InChI is InChI=1S/C25H20BrClN2O3/c1-16-3-2-4-18(11-16)15-32-23-10-7-20(26)12-19(23)13-22-24(30)29(25(31)28-22)14-17-5-8-21(27)9-6-17/h2-13H,14-15H2,1H3,(H,28,31)/b22-13-. The SMILES string of the molecule is Cc1cccc(COc2ccc(Br)cc2/C=C2\NC(=O)N(Cc3ccc(Cl)cc3)C2=O)c1. The fourth-order valence-corrected chi connectivity index (χ4v) is 3.87. The molecule has 0 atom stereocenters. The van der Waals surface area contributed by atoms with Crippen molar-refractivity contribution in [1.82, 2.24) is 10.2 Å². The third-order valence-electron chi connectivity index (χ3n) is 4.96. The molecule has 1 fully saturated rings. The number of imide groups is 1. The third-order valence-corrected chi connectivity index (χ3v) is 5.71. The number of aryl methyl sites for hydroxylation is 1. The lowest BCUT2D eigenvalue weighted by Gasteiger charge is -2.12. The van der Waals surface area contributed by atoms with Crippen molar-refractivity contribution >= 4 is 45.5 Å². The number of nitrogens with zero attached hydrogens (tertiary/aromatic N) is 1. The topological polar surface area (TPSA) is 58.6 Å². The maximum absolute atomic E-state index is 12.9. The van der Waals surface area contributed by atoms with E-state index in [4.69, 9.17) is 16.3 Å². The van der Waals surface area contributed by atoms with Crippen molar-refractivity contribution in [2.75, 3.05) is 0 Å². The smallest absolute Gasteiger partial charge is 0.329 e. The summed E-state index contributed by atoms with van der Waals surface area (Å²) in [5.41, 5.74) is 3.89. The van der Waals surface area contributed by atoms with Gasteiger partial charge >= 0.3 is 6.03 Å². The second kappa shape index (κ2) is 9.59. The van der Waals surface area contributed by atoms with Crippen molar-refractivity contribution in [3.05, 3.63) is 104 Å². The van der Waals surface area contributed by atoms with Crippen molar-refractivity contribution in [1.29, 1.82) is 0 Å². The molecule has 4 rings (SSSR count). The molecule has 1 aliphatic rings. The first-order valence-corrected chi connectivity index (χ1v) is 11.1. The summed E-state index contributed by atoms with van der Waals surface area (Å²) in [6.45, 7) is 2.58. The molecule has 0 unspecified atom stereocenters. The molecule has 32 heavy (non-hydrogen) atoms. The van der Waals surface area contributed by atoms with Gasteiger partial charge in [-0.15, -0.1) is 0 Å². The molecule has 1 N–H and O–H groups in total. The molecule has 7 heteroatoms. The highest BCUT2D eigenvalue weighted by molar-refractivity contribution is 9.10. The van der Waals surface area contributed by atoms with Crippen LogP contribution < -0.4 is 10.1 Å². The summed E-state index contributed by atoms with van der Waals surface area (Å²) in [4.78, 5) is 26.5. The third kappa shape index (κ3) is 5.21. The molecular weight excluding hydrogens is 492 g/mol. The maximum atomic E-state index is 12.9. The highest BCUT2D eigenvalue weighted by atomic mass is 79.9. The quantitative estimate of drug-likeness (QED) is 0.322. The van der Waals surface area contributed by atoms with Crippen LogP contribution in [-0.2, 0) is 17.9 Å². The van der Waals surface area contributed by atoms with E-state index in [0.717, 1.165) is 21.2 Å². The first kappa shape index (κ1) is 22.1. The van der Waals surface area contributed by atoms with Gasteiger partial charge in [0.05, 0.1) is 6.54 Å². The summed E-state index contributed by atoms with van der Waals surface area (Å²) in [5.74, 6) is 0.218. The van der Waals surface area contributed by atoms with Gasteiger partial charge in [-0.25, -0.2) is 4.79 Å². The largest absolute Gasteiger partial charge is 0.488 e. The van der Waals surface area contributed by atoms with Crippen LogP contribution in [0.2, 0.25) is 5.02 Å². The molecular formula is C25H20BrClN2O3. The molecule has 0 radical (unpaired) electrons. The van der Waals surface area contributed by atoms with Crippen molar-refractivity contribution in [2.24, 2.45) is 0 Å². The van der Waals surface area contributed by atoms with E-state index in [1.54, 1.807) is 30.3 Å². The summed E-state index contributed by atoms with van der Waals surface area (Å²) in [6.07, 6.45) is 1.64. The number of urea groups is 1. The molecule has 1 heterocycles. The van der Waals surface area contributed by atoms with Gasteiger partial charge in [0.25, 0.3) is 5.91 Å². The van der Waals surface area contributed by atoms with E-state index in [0.29, 0.717) is 22.9 Å². The molecule has 1 aliphatic heterocycles. The molecule has 0 bridgehead atoms. The van der Waals surface area contributed by atoms with Gasteiger partial charge in [0.2, 0.25) is 0 Å². The Kier molecular flexibility index (Phi) is 6.63. The number of ether oxygens (including phenoxy) is 1. The predicted octanol–water partition coefficient (Wildman–Crippen LogP) is 6.08. The summed E-state index contributed by atoms with van der Waals surface area (Å²) in [6, 6.07) is 20.2. The minimum Gasteiger partial charge on any atom is -0.488 e. The molecule has 0 aliphatic carbocycles. The predicted molar refractivity (Wildman–Crippen MR) is 128 cm³/mol. The molecule has 0 aromatic heterocycles. The summed E-state index contributed by atoms with van der Waals surface area (Å²) < 4.78 is 6.86. The van der Waals surface area contributed by atoms with E-state index in [1.165, 1.54) is 4.90 Å². The van der Waals surface area contributed by atoms with Gasteiger partial charge in [-0.1, -0.05) is 69.5 Å². The molecule has 1 saturated heterocycles. The van der Waals surface area contributed by atoms with E-state index in [-0.39, 0.29) is 12.2 Å². The Hall–Kier alpha value is -3.09. The van der Waals surface area contributed by atoms with Crippen molar-refractivity contribution in [3.63, 3.8) is 0 Å². The van der Waals surface area contributed by atoms with Crippen LogP contribution in [0, 0.1) is 6.92 Å². The van der Waals surface area contributed by atoms with Gasteiger partial charge in [0.15, 0.2) is 0 Å². The molecule has 3 aromatic carbocycles. The van der Waals surface area contributed by atoms with Gasteiger partial charge in [-0.05, 0) is 54.5 Å². The monoisotopic (exact) mass is 510 g/mol. The lowest BCUT2D eigenvalue weighted by Crippen LogP contribution is -2.30. The molecule has 5 nitrogen and oxygen atoms in total. The van der Waals surface area contributed by atoms with Crippen molar-refractivity contribution in [2.45, 2.75) is 20.1 Å². The lowest BCUT2D eigenvalue weighted by atomic mass is 10.1.